The van der Waals surface area contributed by atoms with E-state index in [9.17, 15) is 9.59 Å². The number of aromatic nitrogens is 2. The summed E-state index contributed by atoms with van der Waals surface area (Å²) in [6.07, 6.45) is 1.10. The number of carbonyl (C=O) groups is 2. The maximum absolute atomic E-state index is 11.9. The molecule has 0 aromatic carbocycles. The fraction of sp³-hybridized carbons (Fsp3) is 0.692. The summed E-state index contributed by atoms with van der Waals surface area (Å²) in [5.74, 6) is -0.169. The first-order valence-corrected chi connectivity index (χ1v) is 6.65. The van der Waals surface area contributed by atoms with E-state index in [1.807, 2.05) is 0 Å². The number of nitrogens with one attached hydrogen (secondary N) is 1. The summed E-state index contributed by atoms with van der Waals surface area (Å²) >= 11 is 0. The highest BCUT2D eigenvalue weighted by atomic mass is 16.5. The van der Waals surface area contributed by atoms with Crippen molar-refractivity contribution in [2.75, 3.05) is 13.7 Å². The molecule has 1 rings (SSSR count). The number of hydrogen-bond acceptors (Lipinski definition) is 6. The second-order valence-corrected chi connectivity index (χ2v) is 5.20. The Hall–Kier alpha value is -1.96. The Morgan fingerprint density at radius 3 is 2.71 bits per heavy atom. The van der Waals surface area contributed by atoms with Gasteiger partial charge in [0.1, 0.15) is 0 Å². The van der Waals surface area contributed by atoms with E-state index in [0.717, 1.165) is 0 Å². The number of carbonyl (C=O) groups excluding carboxylic acids is 1. The number of aliphatic carboxylic acids is 1. The molecule has 1 amide bonds. The van der Waals surface area contributed by atoms with Gasteiger partial charge in [-0.25, -0.2) is 0 Å². The molecule has 1 atom stereocenters. The van der Waals surface area contributed by atoms with Crippen LogP contribution in [0.1, 0.15) is 37.9 Å². The summed E-state index contributed by atoms with van der Waals surface area (Å²) in [5, 5.41) is 15.2. The van der Waals surface area contributed by atoms with Crippen LogP contribution in [0.25, 0.3) is 0 Å². The number of carboxylic acid groups (broad SMARTS) is 1. The van der Waals surface area contributed by atoms with Crippen molar-refractivity contribution in [3.8, 4) is 0 Å². The van der Waals surface area contributed by atoms with Crippen molar-refractivity contribution in [1.82, 2.24) is 15.5 Å². The lowest BCUT2D eigenvalue weighted by Gasteiger charge is -2.28. The molecule has 0 fully saturated rings. The number of amides is 1. The molecule has 0 spiro atoms. The maximum atomic E-state index is 11.9. The minimum absolute atomic E-state index is 0.133. The molecule has 8 heteroatoms. The molecule has 0 aliphatic carbocycles. The number of ether oxygens (including phenoxy) is 1. The van der Waals surface area contributed by atoms with Crippen molar-refractivity contribution in [2.24, 2.45) is 0 Å². The fourth-order valence-corrected chi connectivity index (χ4v) is 2.02. The van der Waals surface area contributed by atoms with Gasteiger partial charge in [-0.1, -0.05) is 5.16 Å². The van der Waals surface area contributed by atoms with Gasteiger partial charge in [0.2, 0.25) is 11.8 Å². The van der Waals surface area contributed by atoms with Gasteiger partial charge < -0.3 is 19.7 Å². The zero-order valence-electron chi connectivity index (χ0n) is 12.5. The second kappa shape index (κ2) is 7.72. The van der Waals surface area contributed by atoms with E-state index in [4.69, 9.17) is 14.4 Å². The van der Waals surface area contributed by atoms with Crippen LogP contribution in [-0.4, -0.2) is 46.4 Å². The number of aryl methyl sites for hydroxylation is 2. The molecule has 1 unspecified atom stereocenters. The Balaban J connectivity index is 2.41. The van der Waals surface area contributed by atoms with Crippen molar-refractivity contribution >= 4 is 11.9 Å². The third kappa shape index (κ3) is 6.35. The number of hydrogen-bond donors (Lipinski definition) is 2. The van der Waals surface area contributed by atoms with Crippen LogP contribution in [0.5, 0.6) is 0 Å². The molecular formula is C13H21N3O5. The number of carboxylic acids is 1. The quantitative estimate of drug-likeness (QED) is 0.689. The van der Waals surface area contributed by atoms with E-state index in [1.165, 1.54) is 7.11 Å². The lowest BCUT2D eigenvalue weighted by atomic mass is 9.98. The Morgan fingerprint density at radius 1 is 1.48 bits per heavy atom. The van der Waals surface area contributed by atoms with Crippen molar-refractivity contribution in [2.45, 2.75) is 45.1 Å². The summed E-state index contributed by atoms with van der Waals surface area (Å²) in [6.45, 7) is 3.50. The second-order valence-electron chi connectivity index (χ2n) is 5.20. The zero-order valence-corrected chi connectivity index (χ0v) is 12.5. The average molecular weight is 299 g/mol. The first kappa shape index (κ1) is 17.1. The number of methoxy groups -OCH3 is 1. The molecule has 0 radical (unpaired) electrons. The summed E-state index contributed by atoms with van der Waals surface area (Å²) in [6, 6.07) is 0. The van der Waals surface area contributed by atoms with Gasteiger partial charge in [0.25, 0.3) is 0 Å². The molecule has 0 aliphatic rings. The minimum atomic E-state index is -0.990. The van der Waals surface area contributed by atoms with Crippen LogP contribution in [0.3, 0.4) is 0 Å². The van der Waals surface area contributed by atoms with Crippen LogP contribution in [0.2, 0.25) is 0 Å². The van der Waals surface area contributed by atoms with Crippen molar-refractivity contribution < 1.29 is 24.0 Å². The van der Waals surface area contributed by atoms with Gasteiger partial charge in [-0.3, -0.25) is 9.59 Å². The Kier molecular flexibility index (Phi) is 6.29. The molecule has 0 aliphatic heterocycles. The van der Waals surface area contributed by atoms with Gasteiger partial charge in [0, 0.05) is 20.0 Å². The first-order valence-electron chi connectivity index (χ1n) is 6.65. The Bertz CT molecular complexity index is 488. The first-order chi connectivity index (χ1) is 9.84. The van der Waals surface area contributed by atoms with Gasteiger partial charge >= 0.3 is 5.97 Å². The fourth-order valence-electron chi connectivity index (χ4n) is 2.02. The molecule has 2 N–H and O–H groups in total. The molecule has 1 heterocycles. The van der Waals surface area contributed by atoms with Crippen LogP contribution in [0, 0.1) is 6.92 Å². The summed E-state index contributed by atoms with van der Waals surface area (Å²) in [7, 11) is 1.46. The summed E-state index contributed by atoms with van der Waals surface area (Å²) in [4.78, 5) is 26.8. The molecule has 1 aromatic rings. The highest BCUT2D eigenvalue weighted by Gasteiger charge is 2.29. The van der Waals surface area contributed by atoms with Crippen LogP contribution < -0.4 is 5.32 Å². The summed E-state index contributed by atoms with van der Waals surface area (Å²) in [5.41, 5.74) is -0.918. The smallest absolute Gasteiger partial charge is 0.305 e. The Morgan fingerprint density at radius 2 is 2.19 bits per heavy atom. The number of rotatable bonds is 9. The number of nitrogens with zero attached hydrogens (tertiary/aromatic N) is 2. The molecule has 8 nitrogen and oxygen atoms in total. The van der Waals surface area contributed by atoms with E-state index < -0.39 is 11.5 Å². The molecule has 118 valence electrons. The Labute approximate surface area is 122 Å². The van der Waals surface area contributed by atoms with Gasteiger partial charge in [-0.2, -0.15) is 4.98 Å². The molecule has 1 aromatic heterocycles. The van der Waals surface area contributed by atoms with Crippen LogP contribution in [-0.2, 0) is 20.7 Å². The average Bonchev–Trinajstić information content (AvgIpc) is 2.73. The zero-order chi connectivity index (χ0) is 15.9. The van der Waals surface area contributed by atoms with Crippen molar-refractivity contribution in [1.29, 1.82) is 0 Å². The topological polar surface area (TPSA) is 115 Å². The lowest BCUT2D eigenvalue weighted by molar-refractivity contribution is -0.139. The van der Waals surface area contributed by atoms with Crippen molar-refractivity contribution in [3.05, 3.63) is 11.7 Å². The highest BCUT2D eigenvalue weighted by Crippen LogP contribution is 2.11. The highest BCUT2D eigenvalue weighted by molar-refractivity contribution is 5.78. The van der Waals surface area contributed by atoms with Gasteiger partial charge in [-0.15, -0.1) is 0 Å². The normalized spacial score (nSPS) is 13.7. The van der Waals surface area contributed by atoms with E-state index in [0.29, 0.717) is 24.6 Å². The molecule has 0 saturated carbocycles. The maximum Gasteiger partial charge on any atom is 0.305 e. The SMILES string of the molecule is COCC(C)(CC(=O)O)NC(=O)CCCc1nc(C)no1. The molecule has 21 heavy (non-hydrogen) atoms. The van der Waals surface area contributed by atoms with Gasteiger partial charge in [0.15, 0.2) is 5.82 Å². The third-order valence-corrected chi connectivity index (χ3v) is 2.81. The largest absolute Gasteiger partial charge is 0.481 e. The molecule has 0 bridgehead atoms. The van der Waals surface area contributed by atoms with E-state index in [-0.39, 0.29) is 25.4 Å². The minimum Gasteiger partial charge on any atom is -0.481 e. The van der Waals surface area contributed by atoms with Gasteiger partial charge in [0.05, 0.1) is 18.6 Å². The molecule has 0 saturated heterocycles. The van der Waals surface area contributed by atoms with E-state index in [2.05, 4.69) is 15.5 Å². The predicted molar refractivity (Wildman–Crippen MR) is 72.6 cm³/mol. The van der Waals surface area contributed by atoms with E-state index in [1.54, 1.807) is 13.8 Å². The molecular weight excluding hydrogens is 278 g/mol. The lowest BCUT2D eigenvalue weighted by Crippen LogP contribution is -2.50. The van der Waals surface area contributed by atoms with Gasteiger partial charge in [-0.05, 0) is 20.3 Å². The van der Waals surface area contributed by atoms with Crippen LogP contribution in [0.15, 0.2) is 4.52 Å². The van der Waals surface area contributed by atoms with Crippen molar-refractivity contribution in [3.63, 3.8) is 0 Å². The van der Waals surface area contributed by atoms with Crippen LogP contribution >= 0.6 is 0 Å². The van der Waals surface area contributed by atoms with Crippen LogP contribution in [0.4, 0.5) is 0 Å². The monoisotopic (exact) mass is 299 g/mol. The standard InChI is InChI=1S/C13H21N3O5/c1-9-14-11(21-16-9)6-4-5-10(17)15-13(2,8-20-3)7-12(18)19/h4-8H2,1-3H3,(H,15,17)(H,18,19). The van der Waals surface area contributed by atoms with E-state index >= 15 is 0 Å². The third-order valence-electron chi connectivity index (χ3n) is 2.81. The predicted octanol–water partition coefficient (Wildman–Crippen LogP) is 0.697. The summed E-state index contributed by atoms with van der Waals surface area (Å²) < 4.78 is 9.92.